The topological polar surface area (TPSA) is 45.0 Å². The molecule has 0 unspecified atom stereocenters. The van der Waals surface area contributed by atoms with Gasteiger partial charge in [0.05, 0.1) is 19.3 Å². The molecular formula is C10H16N2O. The number of nitrogens with one attached hydrogen (secondary N) is 1. The Labute approximate surface area is 79.1 Å². The molecule has 0 aromatic heterocycles. The summed E-state index contributed by atoms with van der Waals surface area (Å²) in [6.07, 6.45) is 6.42. The van der Waals surface area contributed by atoms with Crippen molar-refractivity contribution in [3.63, 3.8) is 0 Å². The molecule has 72 valence electrons. The molecule has 1 aliphatic carbocycles. The molecule has 0 amide bonds. The third-order valence-corrected chi connectivity index (χ3v) is 3.00. The van der Waals surface area contributed by atoms with Crippen LogP contribution in [0.4, 0.5) is 0 Å². The monoisotopic (exact) mass is 180 g/mol. The van der Waals surface area contributed by atoms with Gasteiger partial charge in [-0.1, -0.05) is 19.3 Å². The van der Waals surface area contributed by atoms with E-state index >= 15 is 0 Å². The average molecular weight is 180 g/mol. The fourth-order valence-electron chi connectivity index (χ4n) is 2.12. The summed E-state index contributed by atoms with van der Waals surface area (Å²) in [5, 5.41) is 12.4. The number of hydrogen-bond donors (Lipinski definition) is 1. The second kappa shape index (κ2) is 3.65. The summed E-state index contributed by atoms with van der Waals surface area (Å²) in [6, 6.07) is 2.88. The molecule has 1 aliphatic heterocycles. The lowest BCUT2D eigenvalue weighted by molar-refractivity contribution is -0.0505. The highest BCUT2D eigenvalue weighted by atomic mass is 16.5. The van der Waals surface area contributed by atoms with E-state index in [1.807, 2.05) is 0 Å². The van der Waals surface area contributed by atoms with Gasteiger partial charge in [-0.05, 0) is 12.8 Å². The van der Waals surface area contributed by atoms with E-state index in [9.17, 15) is 0 Å². The standard InChI is InChI=1S/C10H16N2O/c11-6-10(7-13-8-10)12-9-4-2-1-3-5-9/h9,12H,1-5,7-8H2. The van der Waals surface area contributed by atoms with Crippen molar-refractivity contribution >= 4 is 0 Å². The van der Waals surface area contributed by atoms with Crippen LogP contribution < -0.4 is 5.32 Å². The lowest BCUT2D eigenvalue weighted by atomic mass is 9.91. The molecule has 1 heterocycles. The van der Waals surface area contributed by atoms with E-state index in [0.29, 0.717) is 19.3 Å². The summed E-state index contributed by atoms with van der Waals surface area (Å²) in [5.41, 5.74) is -0.345. The van der Waals surface area contributed by atoms with Gasteiger partial charge in [0.1, 0.15) is 0 Å². The van der Waals surface area contributed by atoms with Gasteiger partial charge in [-0.2, -0.15) is 5.26 Å². The maximum atomic E-state index is 8.97. The Morgan fingerprint density at radius 1 is 1.23 bits per heavy atom. The number of nitriles is 1. The lowest BCUT2D eigenvalue weighted by Gasteiger charge is -2.40. The van der Waals surface area contributed by atoms with Crippen LogP contribution in [0.5, 0.6) is 0 Å². The van der Waals surface area contributed by atoms with Gasteiger partial charge in [0.25, 0.3) is 0 Å². The molecule has 1 saturated carbocycles. The summed E-state index contributed by atoms with van der Waals surface area (Å²) in [4.78, 5) is 0. The predicted octanol–water partition coefficient (Wildman–Crippen LogP) is 1.20. The number of hydrogen-bond acceptors (Lipinski definition) is 3. The Balaban J connectivity index is 1.85. The molecule has 3 heteroatoms. The van der Waals surface area contributed by atoms with Gasteiger partial charge in [-0.15, -0.1) is 0 Å². The quantitative estimate of drug-likeness (QED) is 0.694. The Morgan fingerprint density at radius 3 is 2.38 bits per heavy atom. The SMILES string of the molecule is N#CC1(NC2CCCCC2)COC1. The van der Waals surface area contributed by atoms with Crippen LogP contribution in [0.2, 0.25) is 0 Å². The highest BCUT2D eigenvalue weighted by Gasteiger charge is 2.40. The zero-order chi connectivity index (χ0) is 9.15. The molecule has 0 radical (unpaired) electrons. The van der Waals surface area contributed by atoms with Crippen molar-refractivity contribution in [2.75, 3.05) is 13.2 Å². The van der Waals surface area contributed by atoms with Gasteiger partial charge in [-0.3, -0.25) is 5.32 Å². The summed E-state index contributed by atoms with van der Waals surface area (Å²) in [7, 11) is 0. The summed E-state index contributed by atoms with van der Waals surface area (Å²) in [5.74, 6) is 0. The first kappa shape index (κ1) is 8.98. The molecule has 0 bridgehead atoms. The lowest BCUT2D eigenvalue weighted by Crippen LogP contribution is -2.62. The second-order valence-corrected chi connectivity index (χ2v) is 4.17. The van der Waals surface area contributed by atoms with Crippen molar-refractivity contribution in [1.82, 2.24) is 5.32 Å². The van der Waals surface area contributed by atoms with Crippen molar-refractivity contribution in [2.24, 2.45) is 0 Å². The Bertz CT molecular complexity index is 211. The molecule has 0 spiro atoms. The highest BCUT2D eigenvalue weighted by molar-refractivity contribution is 5.13. The minimum Gasteiger partial charge on any atom is -0.375 e. The second-order valence-electron chi connectivity index (χ2n) is 4.17. The summed E-state index contributed by atoms with van der Waals surface area (Å²) in [6.45, 7) is 1.14. The van der Waals surface area contributed by atoms with Crippen molar-refractivity contribution in [3.8, 4) is 6.07 Å². The minimum atomic E-state index is -0.345. The first-order valence-electron chi connectivity index (χ1n) is 5.11. The van der Waals surface area contributed by atoms with Gasteiger partial charge in [0.2, 0.25) is 0 Å². The smallest absolute Gasteiger partial charge is 0.153 e. The molecule has 1 saturated heterocycles. The molecule has 3 nitrogen and oxygen atoms in total. The minimum absolute atomic E-state index is 0.345. The van der Waals surface area contributed by atoms with Crippen LogP contribution in [0.1, 0.15) is 32.1 Å². The number of rotatable bonds is 2. The Morgan fingerprint density at radius 2 is 1.92 bits per heavy atom. The largest absolute Gasteiger partial charge is 0.375 e. The molecule has 13 heavy (non-hydrogen) atoms. The van der Waals surface area contributed by atoms with Crippen molar-refractivity contribution < 1.29 is 4.74 Å². The molecule has 2 fully saturated rings. The van der Waals surface area contributed by atoms with Crippen molar-refractivity contribution in [1.29, 1.82) is 5.26 Å². The van der Waals surface area contributed by atoms with Crippen molar-refractivity contribution in [2.45, 2.75) is 43.7 Å². The summed E-state index contributed by atoms with van der Waals surface area (Å²) < 4.78 is 5.09. The first-order valence-corrected chi connectivity index (χ1v) is 5.11. The molecule has 2 rings (SSSR count). The van der Waals surface area contributed by atoms with Crippen LogP contribution in [0, 0.1) is 11.3 Å². The average Bonchev–Trinajstić information content (AvgIpc) is 2.13. The maximum Gasteiger partial charge on any atom is 0.153 e. The van der Waals surface area contributed by atoms with Crippen LogP contribution in [0.15, 0.2) is 0 Å². The molecule has 2 aliphatic rings. The molecule has 1 N–H and O–H groups in total. The Kier molecular flexibility index (Phi) is 2.52. The normalized spacial score (nSPS) is 27.6. The number of nitrogens with zero attached hydrogens (tertiary/aromatic N) is 1. The molecule has 0 aromatic carbocycles. The third kappa shape index (κ3) is 1.84. The van der Waals surface area contributed by atoms with E-state index in [1.54, 1.807) is 0 Å². The van der Waals surface area contributed by atoms with Gasteiger partial charge in [0, 0.05) is 6.04 Å². The third-order valence-electron chi connectivity index (χ3n) is 3.00. The predicted molar refractivity (Wildman–Crippen MR) is 49.2 cm³/mol. The highest BCUT2D eigenvalue weighted by Crippen LogP contribution is 2.23. The van der Waals surface area contributed by atoms with Crippen LogP contribution in [0.25, 0.3) is 0 Å². The van der Waals surface area contributed by atoms with E-state index in [2.05, 4.69) is 11.4 Å². The number of ether oxygens (including phenoxy) is 1. The van der Waals surface area contributed by atoms with Gasteiger partial charge >= 0.3 is 0 Å². The fraction of sp³-hybridized carbons (Fsp3) is 0.900. The van der Waals surface area contributed by atoms with Crippen LogP contribution >= 0.6 is 0 Å². The first-order chi connectivity index (χ1) is 6.35. The zero-order valence-electron chi connectivity index (χ0n) is 7.88. The van der Waals surface area contributed by atoms with Crippen LogP contribution in [-0.2, 0) is 4.74 Å². The maximum absolute atomic E-state index is 8.97. The fourth-order valence-corrected chi connectivity index (χ4v) is 2.12. The van der Waals surface area contributed by atoms with E-state index < -0.39 is 0 Å². The molecule has 0 aromatic rings. The Hall–Kier alpha value is -0.590. The summed E-state index contributed by atoms with van der Waals surface area (Å²) >= 11 is 0. The zero-order valence-corrected chi connectivity index (χ0v) is 7.88. The van der Waals surface area contributed by atoms with E-state index in [1.165, 1.54) is 32.1 Å². The van der Waals surface area contributed by atoms with Gasteiger partial charge < -0.3 is 4.74 Å². The van der Waals surface area contributed by atoms with Gasteiger partial charge in [-0.25, -0.2) is 0 Å². The van der Waals surface area contributed by atoms with E-state index in [0.717, 1.165) is 0 Å². The van der Waals surface area contributed by atoms with Gasteiger partial charge in [0.15, 0.2) is 5.54 Å². The van der Waals surface area contributed by atoms with E-state index in [4.69, 9.17) is 10.00 Å². The van der Waals surface area contributed by atoms with E-state index in [-0.39, 0.29) is 5.54 Å². The van der Waals surface area contributed by atoms with Crippen LogP contribution in [-0.4, -0.2) is 24.8 Å². The molecular weight excluding hydrogens is 164 g/mol. The molecule has 0 atom stereocenters. The van der Waals surface area contributed by atoms with Crippen LogP contribution in [0.3, 0.4) is 0 Å². The van der Waals surface area contributed by atoms with Crippen molar-refractivity contribution in [3.05, 3.63) is 0 Å².